The summed E-state index contributed by atoms with van der Waals surface area (Å²) in [6, 6.07) is 6.11. The average Bonchev–Trinajstić information content (AvgIpc) is 2.77. The molecule has 0 spiro atoms. The van der Waals surface area contributed by atoms with Crippen molar-refractivity contribution in [3.8, 4) is 0 Å². The van der Waals surface area contributed by atoms with Gasteiger partial charge in [-0.2, -0.15) is 0 Å². The summed E-state index contributed by atoms with van der Waals surface area (Å²) in [6.45, 7) is 3.65. The van der Waals surface area contributed by atoms with Crippen LogP contribution >= 0.6 is 0 Å². The minimum absolute atomic E-state index is 0.276. The Bertz CT molecular complexity index is 676. The van der Waals surface area contributed by atoms with E-state index in [1.54, 1.807) is 19.1 Å². The number of hydrogen-bond acceptors (Lipinski definition) is 5. The average molecular weight is 376 g/mol. The fourth-order valence-electron chi connectivity index (χ4n) is 3.33. The number of benzene rings is 1. The molecular weight excluding hydrogens is 348 g/mol. The maximum Gasteiger partial charge on any atom is 0.323 e. The van der Waals surface area contributed by atoms with Gasteiger partial charge in [-0.1, -0.05) is 38.0 Å². The molecule has 1 amide bonds. The van der Waals surface area contributed by atoms with Crippen LogP contribution < -0.4 is 10.2 Å². The predicted molar refractivity (Wildman–Crippen MR) is 102 cm³/mol. The van der Waals surface area contributed by atoms with Crippen molar-refractivity contribution in [2.45, 2.75) is 58.0 Å². The number of esters is 1. The number of rotatable bonds is 9. The maximum absolute atomic E-state index is 13.1. The van der Waals surface area contributed by atoms with Crippen molar-refractivity contribution in [1.29, 1.82) is 0 Å². The summed E-state index contributed by atoms with van der Waals surface area (Å²) in [5.41, 5.74) is 1.55. The van der Waals surface area contributed by atoms with Crippen molar-refractivity contribution in [3.05, 3.63) is 29.8 Å². The largest absolute Gasteiger partial charge is 0.480 e. The number of carboxylic acids is 1. The van der Waals surface area contributed by atoms with Gasteiger partial charge in [0.2, 0.25) is 5.91 Å². The quantitative estimate of drug-likeness (QED) is 0.641. The molecule has 1 aromatic carbocycles. The van der Waals surface area contributed by atoms with Crippen LogP contribution in [0.2, 0.25) is 0 Å². The number of para-hydroxylation sites is 1. The Morgan fingerprint density at radius 2 is 2.07 bits per heavy atom. The highest BCUT2D eigenvalue weighted by atomic mass is 16.5. The normalized spacial score (nSPS) is 17.8. The molecule has 0 bridgehead atoms. The number of amides is 1. The van der Waals surface area contributed by atoms with E-state index in [0.29, 0.717) is 24.9 Å². The molecule has 7 nitrogen and oxygen atoms in total. The summed E-state index contributed by atoms with van der Waals surface area (Å²) in [5, 5.41) is 12.4. The number of anilines is 1. The van der Waals surface area contributed by atoms with Gasteiger partial charge < -0.3 is 9.84 Å². The molecule has 0 aliphatic carbocycles. The summed E-state index contributed by atoms with van der Waals surface area (Å²) in [7, 11) is 0. The van der Waals surface area contributed by atoms with E-state index in [0.717, 1.165) is 18.4 Å². The minimum Gasteiger partial charge on any atom is -0.480 e. The molecule has 0 aromatic heterocycles. The van der Waals surface area contributed by atoms with Gasteiger partial charge in [-0.05, 0) is 37.8 Å². The lowest BCUT2D eigenvalue weighted by Crippen LogP contribution is -2.53. The molecule has 0 unspecified atom stereocenters. The molecule has 1 aromatic rings. The monoisotopic (exact) mass is 376 g/mol. The Hall–Kier alpha value is -2.41. The second-order valence-corrected chi connectivity index (χ2v) is 6.65. The number of carbonyl (C=O) groups excluding carboxylic acids is 2. The first kappa shape index (κ1) is 20.9. The number of fused-ring (bicyclic) bond motifs is 1. The number of ether oxygens (including phenoxy) is 1. The number of carboxylic acid groups (broad SMARTS) is 1. The molecular formula is C20H28N2O5. The Labute approximate surface area is 159 Å². The number of aliphatic carboxylic acids is 1. The Morgan fingerprint density at radius 1 is 1.33 bits per heavy atom. The number of nitrogens with one attached hydrogen (secondary N) is 1. The number of hydrogen-bond donors (Lipinski definition) is 2. The van der Waals surface area contributed by atoms with Gasteiger partial charge in [-0.3, -0.25) is 24.6 Å². The van der Waals surface area contributed by atoms with Gasteiger partial charge in [-0.15, -0.1) is 0 Å². The van der Waals surface area contributed by atoms with E-state index < -0.39 is 24.6 Å². The van der Waals surface area contributed by atoms with Crippen LogP contribution in [0.1, 0.15) is 45.1 Å². The first-order valence-corrected chi connectivity index (χ1v) is 9.51. The van der Waals surface area contributed by atoms with Crippen LogP contribution in [0, 0.1) is 0 Å². The van der Waals surface area contributed by atoms with Crippen LogP contribution in [0.25, 0.3) is 0 Å². The standard InChI is InChI=1S/C20H28N2O5/c1-3-5-9-16(20(26)27-4-2)21-15-12-11-14-8-6-7-10-17(14)22(19(15)25)13-18(23)24/h6-8,10,15-16,21H,3-5,9,11-13H2,1-2H3,(H,23,24)/t15-,16-/m0/s1. The Morgan fingerprint density at radius 3 is 2.74 bits per heavy atom. The van der Waals surface area contributed by atoms with E-state index in [4.69, 9.17) is 4.74 Å². The molecule has 0 fully saturated rings. The topological polar surface area (TPSA) is 95.9 Å². The minimum atomic E-state index is -1.08. The highest BCUT2D eigenvalue weighted by Gasteiger charge is 2.34. The third kappa shape index (κ3) is 5.53. The third-order valence-electron chi connectivity index (χ3n) is 4.66. The van der Waals surface area contributed by atoms with Gasteiger partial charge in [0.15, 0.2) is 0 Å². The lowest BCUT2D eigenvalue weighted by Gasteiger charge is -2.27. The molecule has 148 valence electrons. The molecule has 0 radical (unpaired) electrons. The summed E-state index contributed by atoms with van der Waals surface area (Å²) in [5.74, 6) is -1.77. The fourth-order valence-corrected chi connectivity index (χ4v) is 3.33. The first-order chi connectivity index (χ1) is 13.0. The van der Waals surface area contributed by atoms with E-state index in [-0.39, 0.29) is 18.5 Å². The van der Waals surface area contributed by atoms with E-state index in [1.807, 2.05) is 19.1 Å². The van der Waals surface area contributed by atoms with Crippen LogP contribution in [0.3, 0.4) is 0 Å². The molecule has 1 aliphatic heterocycles. The van der Waals surface area contributed by atoms with Gasteiger partial charge in [0, 0.05) is 5.69 Å². The molecule has 7 heteroatoms. The van der Waals surface area contributed by atoms with Crippen molar-refractivity contribution < 1.29 is 24.2 Å². The zero-order valence-corrected chi connectivity index (χ0v) is 15.9. The molecule has 0 saturated carbocycles. The zero-order chi connectivity index (χ0) is 19.8. The second kappa shape index (κ2) is 10.1. The van der Waals surface area contributed by atoms with Gasteiger partial charge in [0.1, 0.15) is 12.6 Å². The molecule has 0 saturated heterocycles. The molecule has 27 heavy (non-hydrogen) atoms. The molecule has 2 rings (SSSR count). The fraction of sp³-hybridized carbons (Fsp3) is 0.550. The highest BCUT2D eigenvalue weighted by Crippen LogP contribution is 2.27. The number of nitrogens with zero attached hydrogens (tertiary/aromatic N) is 1. The summed E-state index contributed by atoms with van der Waals surface area (Å²) < 4.78 is 5.14. The van der Waals surface area contributed by atoms with Gasteiger partial charge in [0.05, 0.1) is 12.6 Å². The smallest absolute Gasteiger partial charge is 0.323 e. The van der Waals surface area contributed by atoms with Gasteiger partial charge >= 0.3 is 11.9 Å². The third-order valence-corrected chi connectivity index (χ3v) is 4.66. The molecule has 1 aliphatic rings. The van der Waals surface area contributed by atoms with E-state index in [9.17, 15) is 19.5 Å². The molecule has 2 atom stereocenters. The SMILES string of the molecule is CCCC[C@H](N[C@H]1CCc2ccccc2N(CC(=O)O)C1=O)C(=O)OCC. The predicted octanol–water partition coefficient (Wildman–Crippen LogP) is 2.13. The van der Waals surface area contributed by atoms with Crippen LogP contribution in [0.4, 0.5) is 5.69 Å². The van der Waals surface area contributed by atoms with Crippen LogP contribution in [0.15, 0.2) is 24.3 Å². The summed E-state index contributed by atoms with van der Waals surface area (Å²) in [6.07, 6.45) is 3.45. The lowest BCUT2D eigenvalue weighted by atomic mass is 10.0. The first-order valence-electron chi connectivity index (χ1n) is 9.51. The van der Waals surface area contributed by atoms with E-state index >= 15 is 0 Å². The van der Waals surface area contributed by atoms with Crippen molar-refractivity contribution in [2.24, 2.45) is 0 Å². The Balaban J connectivity index is 2.24. The zero-order valence-electron chi connectivity index (χ0n) is 15.9. The van der Waals surface area contributed by atoms with Crippen LogP contribution in [-0.2, 0) is 25.5 Å². The Kier molecular flexibility index (Phi) is 7.79. The molecule has 2 N–H and O–H groups in total. The van der Waals surface area contributed by atoms with Crippen molar-refractivity contribution >= 4 is 23.5 Å². The second-order valence-electron chi connectivity index (χ2n) is 6.65. The maximum atomic E-state index is 13.1. The van der Waals surface area contributed by atoms with Crippen molar-refractivity contribution in [3.63, 3.8) is 0 Å². The van der Waals surface area contributed by atoms with Crippen LogP contribution in [0.5, 0.6) is 0 Å². The van der Waals surface area contributed by atoms with E-state index in [1.165, 1.54) is 4.90 Å². The summed E-state index contributed by atoms with van der Waals surface area (Å²) >= 11 is 0. The number of carbonyl (C=O) groups is 3. The summed E-state index contributed by atoms with van der Waals surface area (Å²) in [4.78, 5) is 38.0. The lowest BCUT2D eigenvalue weighted by molar-refractivity contribution is -0.146. The number of unbranched alkanes of at least 4 members (excludes halogenated alkanes) is 1. The van der Waals surface area contributed by atoms with Gasteiger partial charge in [-0.25, -0.2) is 0 Å². The van der Waals surface area contributed by atoms with Gasteiger partial charge in [0.25, 0.3) is 0 Å². The number of aryl methyl sites for hydroxylation is 1. The van der Waals surface area contributed by atoms with Crippen molar-refractivity contribution in [2.75, 3.05) is 18.1 Å². The molecule has 1 heterocycles. The van der Waals surface area contributed by atoms with Crippen molar-refractivity contribution in [1.82, 2.24) is 5.32 Å². The highest BCUT2D eigenvalue weighted by molar-refractivity contribution is 6.02. The van der Waals surface area contributed by atoms with Crippen LogP contribution in [-0.4, -0.2) is 48.2 Å². The van der Waals surface area contributed by atoms with E-state index in [2.05, 4.69) is 5.32 Å².